The smallest absolute Gasteiger partial charge is 0.287 e. The van der Waals surface area contributed by atoms with Gasteiger partial charge in [-0.3, -0.25) is 9.59 Å². The number of aromatic nitrogens is 3. The second-order valence-corrected chi connectivity index (χ2v) is 7.50. The maximum Gasteiger partial charge on any atom is 0.287 e. The van der Waals surface area contributed by atoms with Crippen LogP contribution in [0.5, 0.6) is 0 Å². The fourth-order valence-electron chi connectivity index (χ4n) is 3.30. The van der Waals surface area contributed by atoms with Gasteiger partial charge in [-0.2, -0.15) is 0 Å². The van der Waals surface area contributed by atoms with Crippen LogP contribution in [0.4, 0.5) is 0 Å². The quantitative estimate of drug-likeness (QED) is 0.868. The highest BCUT2D eigenvalue weighted by atomic mass is 16.4. The Balaban J connectivity index is 1.52. The Hall–Kier alpha value is -2.64. The van der Waals surface area contributed by atoms with E-state index in [1.807, 2.05) is 13.8 Å². The number of amides is 2. The summed E-state index contributed by atoms with van der Waals surface area (Å²) in [4.78, 5) is 24.7. The third kappa shape index (κ3) is 2.71. The van der Waals surface area contributed by atoms with Gasteiger partial charge >= 0.3 is 0 Å². The molecule has 0 saturated heterocycles. The molecule has 2 aliphatic rings. The van der Waals surface area contributed by atoms with Crippen LogP contribution in [0.2, 0.25) is 0 Å². The summed E-state index contributed by atoms with van der Waals surface area (Å²) in [6.07, 6.45) is 6.09. The molecule has 3 heterocycles. The van der Waals surface area contributed by atoms with E-state index in [1.54, 1.807) is 23.1 Å². The number of nitrogens with zero attached hydrogens (tertiary/aromatic N) is 3. The van der Waals surface area contributed by atoms with Gasteiger partial charge in [-0.25, -0.2) is 4.68 Å². The third-order valence-electron chi connectivity index (χ3n) is 5.16. The van der Waals surface area contributed by atoms with Crippen LogP contribution in [0.1, 0.15) is 59.8 Å². The summed E-state index contributed by atoms with van der Waals surface area (Å²) in [5, 5.41) is 13.6. The molecule has 0 bridgehead atoms. The van der Waals surface area contributed by atoms with Crippen LogP contribution >= 0.6 is 0 Å². The summed E-state index contributed by atoms with van der Waals surface area (Å²) in [6, 6.07) is 1.54. The highest BCUT2D eigenvalue weighted by molar-refractivity contribution is 6.00. The zero-order valence-electron chi connectivity index (χ0n) is 14.3. The number of nitrogens with one attached hydrogen (secondary N) is 2. The fraction of sp³-hybridized carbons (Fsp3) is 0.529. The molecule has 1 fully saturated rings. The first-order valence-corrected chi connectivity index (χ1v) is 8.49. The second kappa shape index (κ2) is 5.44. The Labute approximate surface area is 145 Å². The molecule has 0 radical (unpaired) electrons. The molecular formula is C17H21N5O3. The molecule has 0 spiro atoms. The van der Waals surface area contributed by atoms with E-state index in [-0.39, 0.29) is 28.5 Å². The molecule has 1 saturated carbocycles. The lowest BCUT2D eigenvalue weighted by atomic mass is 9.85. The topological polar surface area (TPSA) is 102 Å². The highest BCUT2D eigenvalue weighted by Crippen LogP contribution is 2.42. The van der Waals surface area contributed by atoms with Gasteiger partial charge in [-0.1, -0.05) is 19.1 Å². The molecular weight excluding hydrogens is 322 g/mol. The van der Waals surface area contributed by atoms with Crippen LogP contribution in [0.15, 0.2) is 22.9 Å². The molecule has 1 aliphatic carbocycles. The van der Waals surface area contributed by atoms with Gasteiger partial charge in [0.15, 0.2) is 5.76 Å². The van der Waals surface area contributed by atoms with Crippen molar-refractivity contribution in [1.82, 2.24) is 25.6 Å². The summed E-state index contributed by atoms with van der Waals surface area (Å²) in [5.41, 5.74) is -0.0390. The molecule has 0 atom stereocenters. The number of hydrogen-bond acceptors (Lipinski definition) is 5. The van der Waals surface area contributed by atoms with Crippen LogP contribution in [-0.4, -0.2) is 39.9 Å². The Bertz CT molecular complexity index is 817. The first-order chi connectivity index (χ1) is 11.9. The summed E-state index contributed by atoms with van der Waals surface area (Å²) in [7, 11) is 0. The zero-order chi connectivity index (χ0) is 17.7. The number of rotatable bonds is 4. The maximum absolute atomic E-state index is 12.5. The Morgan fingerprint density at radius 1 is 1.40 bits per heavy atom. The molecule has 0 aromatic carbocycles. The minimum atomic E-state index is -0.317. The molecule has 8 heteroatoms. The average Bonchev–Trinajstić information content (AvgIpc) is 3.03. The summed E-state index contributed by atoms with van der Waals surface area (Å²) < 4.78 is 7.60. The van der Waals surface area contributed by atoms with Gasteiger partial charge in [0.1, 0.15) is 5.76 Å². The van der Waals surface area contributed by atoms with E-state index in [2.05, 4.69) is 20.9 Å². The molecule has 132 valence electrons. The van der Waals surface area contributed by atoms with E-state index >= 15 is 0 Å². The van der Waals surface area contributed by atoms with Crippen LogP contribution in [0.3, 0.4) is 0 Å². The zero-order valence-corrected chi connectivity index (χ0v) is 14.3. The average molecular weight is 343 g/mol. The second-order valence-electron chi connectivity index (χ2n) is 7.50. The van der Waals surface area contributed by atoms with Crippen LogP contribution in [-0.2, 0) is 11.0 Å². The molecule has 1 aliphatic heterocycles. The predicted molar refractivity (Wildman–Crippen MR) is 88.2 cm³/mol. The molecule has 2 aromatic rings. The van der Waals surface area contributed by atoms with Crippen LogP contribution < -0.4 is 10.6 Å². The van der Waals surface area contributed by atoms with Crippen molar-refractivity contribution in [2.75, 3.05) is 13.1 Å². The normalized spacial score (nSPS) is 20.3. The van der Waals surface area contributed by atoms with Gasteiger partial charge in [0.05, 0.1) is 17.3 Å². The Morgan fingerprint density at radius 2 is 2.20 bits per heavy atom. The van der Waals surface area contributed by atoms with Crippen LogP contribution in [0.25, 0.3) is 0 Å². The molecule has 8 nitrogen and oxygen atoms in total. The summed E-state index contributed by atoms with van der Waals surface area (Å²) in [5.74, 6) is 0.238. The van der Waals surface area contributed by atoms with Crippen molar-refractivity contribution in [2.24, 2.45) is 0 Å². The van der Waals surface area contributed by atoms with Gasteiger partial charge in [-0.15, -0.1) is 5.10 Å². The van der Waals surface area contributed by atoms with E-state index in [0.717, 1.165) is 19.3 Å². The monoisotopic (exact) mass is 343 g/mol. The van der Waals surface area contributed by atoms with Crippen molar-refractivity contribution in [3.8, 4) is 0 Å². The number of carbonyl (C=O) groups excluding carboxylic acids is 2. The number of carbonyl (C=O) groups is 2. The van der Waals surface area contributed by atoms with Crippen molar-refractivity contribution in [1.29, 1.82) is 0 Å². The van der Waals surface area contributed by atoms with Crippen molar-refractivity contribution in [2.45, 2.75) is 44.1 Å². The Kier molecular flexibility index (Phi) is 3.45. The summed E-state index contributed by atoms with van der Waals surface area (Å²) in [6.45, 7) is 5.08. The number of fused-ring (bicyclic) bond motifs is 1. The lowest BCUT2D eigenvalue weighted by Gasteiger charge is -2.20. The van der Waals surface area contributed by atoms with E-state index in [4.69, 9.17) is 4.42 Å². The Morgan fingerprint density at radius 3 is 2.88 bits per heavy atom. The van der Waals surface area contributed by atoms with Gasteiger partial charge in [0.25, 0.3) is 11.8 Å². The molecule has 0 unspecified atom stereocenters. The van der Waals surface area contributed by atoms with E-state index in [9.17, 15) is 9.59 Å². The van der Waals surface area contributed by atoms with Crippen molar-refractivity contribution < 1.29 is 14.0 Å². The number of furan rings is 1. The SMILES string of the molecule is CC1(C)CCNC(=O)c2cc(C(=O)NCC3(n4ccnn4)CC3)oc21. The van der Waals surface area contributed by atoms with Crippen LogP contribution in [0, 0.1) is 0 Å². The molecule has 2 aromatic heterocycles. The first-order valence-electron chi connectivity index (χ1n) is 8.49. The maximum atomic E-state index is 12.5. The van der Waals surface area contributed by atoms with E-state index in [1.165, 1.54) is 0 Å². The number of hydrogen-bond donors (Lipinski definition) is 2. The van der Waals surface area contributed by atoms with Gasteiger partial charge in [0.2, 0.25) is 0 Å². The van der Waals surface area contributed by atoms with Crippen molar-refractivity contribution in [3.05, 3.63) is 35.5 Å². The molecule has 2 amide bonds. The lowest BCUT2D eigenvalue weighted by molar-refractivity contribution is 0.0911. The predicted octanol–water partition coefficient (Wildman–Crippen LogP) is 1.20. The van der Waals surface area contributed by atoms with Gasteiger partial charge in [-0.05, 0) is 19.3 Å². The lowest BCUT2D eigenvalue weighted by Crippen LogP contribution is -2.36. The fourth-order valence-corrected chi connectivity index (χ4v) is 3.30. The summed E-state index contributed by atoms with van der Waals surface area (Å²) >= 11 is 0. The molecule has 2 N–H and O–H groups in total. The molecule has 25 heavy (non-hydrogen) atoms. The van der Waals surface area contributed by atoms with Gasteiger partial charge < -0.3 is 15.1 Å². The van der Waals surface area contributed by atoms with E-state index < -0.39 is 0 Å². The van der Waals surface area contributed by atoms with E-state index in [0.29, 0.717) is 24.4 Å². The first kappa shape index (κ1) is 15.9. The highest BCUT2D eigenvalue weighted by Gasteiger charge is 2.46. The standard InChI is InChI=1S/C17H21N5O3/c1-16(2)5-6-18-14(23)11-9-12(25-13(11)16)15(24)19-10-17(3-4-17)22-8-7-20-21-22/h7-9H,3-6,10H2,1-2H3,(H,18,23)(H,19,24). The minimum absolute atomic E-state index is 0.171. The minimum Gasteiger partial charge on any atom is -0.454 e. The van der Waals surface area contributed by atoms with Crippen molar-refractivity contribution in [3.63, 3.8) is 0 Å². The third-order valence-corrected chi connectivity index (χ3v) is 5.16. The van der Waals surface area contributed by atoms with Gasteiger partial charge in [0, 0.05) is 30.8 Å². The van der Waals surface area contributed by atoms with Crippen molar-refractivity contribution >= 4 is 11.8 Å². The molecule has 4 rings (SSSR count). The largest absolute Gasteiger partial charge is 0.454 e.